The van der Waals surface area contributed by atoms with Crippen molar-refractivity contribution in [3.05, 3.63) is 59.7 Å². The molecule has 2 N–H and O–H groups in total. The number of carbonyl (C=O) groups is 2. The van der Waals surface area contributed by atoms with Crippen molar-refractivity contribution in [2.75, 3.05) is 0 Å². The summed E-state index contributed by atoms with van der Waals surface area (Å²) in [6.07, 6.45) is 1.02. The Labute approximate surface area is 134 Å². The Morgan fingerprint density at radius 2 is 1.61 bits per heavy atom. The number of aryl methyl sites for hydroxylation is 2. The van der Waals surface area contributed by atoms with Crippen molar-refractivity contribution in [3.8, 4) is 11.5 Å². The molecule has 2 aromatic rings. The maximum absolute atomic E-state index is 12.0. The monoisotopic (exact) mass is 314 g/mol. The maximum atomic E-state index is 12.0. The highest BCUT2D eigenvalue weighted by Gasteiger charge is 2.10. The smallest absolute Gasteiger partial charge is 0.311 e. The predicted molar refractivity (Wildman–Crippen MR) is 84.5 cm³/mol. The standard InChI is InChI=1S/C18H18O5/c19-15-9-5-13(6-10-15)7-12-18(22)23-16-4-2-1-3-14(16)8-11-17(20)21/h1-6,9-10,19H,7-8,11-12H2,(H,20,21). The van der Waals surface area contributed by atoms with Gasteiger partial charge < -0.3 is 14.9 Å². The van der Waals surface area contributed by atoms with Crippen LogP contribution in [-0.2, 0) is 22.4 Å². The van der Waals surface area contributed by atoms with Gasteiger partial charge in [-0.1, -0.05) is 30.3 Å². The second-order valence-electron chi connectivity index (χ2n) is 5.14. The molecule has 2 aromatic carbocycles. The minimum atomic E-state index is -0.890. The first-order valence-corrected chi connectivity index (χ1v) is 7.33. The molecule has 2 rings (SSSR count). The van der Waals surface area contributed by atoms with E-state index < -0.39 is 5.97 Å². The summed E-state index contributed by atoms with van der Waals surface area (Å²) in [5, 5.41) is 18.0. The largest absolute Gasteiger partial charge is 0.508 e. The number of aliphatic carboxylic acids is 1. The number of benzene rings is 2. The van der Waals surface area contributed by atoms with Crippen LogP contribution in [0.4, 0.5) is 0 Å². The van der Waals surface area contributed by atoms with Gasteiger partial charge in [-0.25, -0.2) is 0 Å². The van der Waals surface area contributed by atoms with E-state index in [2.05, 4.69) is 0 Å². The van der Waals surface area contributed by atoms with Crippen molar-refractivity contribution >= 4 is 11.9 Å². The molecule has 23 heavy (non-hydrogen) atoms. The zero-order valence-electron chi connectivity index (χ0n) is 12.6. The number of carbonyl (C=O) groups excluding carboxylic acids is 1. The number of hydrogen-bond acceptors (Lipinski definition) is 4. The summed E-state index contributed by atoms with van der Waals surface area (Å²) < 4.78 is 5.34. The third-order valence-corrected chi connectivity index (χ3v) is 3.36. The molecule has 0 amide bonds. The molecule has 0 aliphatic rings. The number of carboxylic acids is 1. The fraction of sp³-hybridized carbons (Fsp3) is 0.222. The minimum absolute atomic E-state index is 0.0118. The third-order valence-electron chi connectivity index (χ3n) is 3.36. The van der Waals surface area contributed by atoms with Gasteiger partial charge in [0, 0.05) is 12.8 Å². The van der Waals surface area contributed by atoms with Gasteiger partial charge in [0.05, 0.1) is 0 Å². The maximum Gasteiger partial charge on any atom is 0.311 e. The molecule has 0 radical (unpaired) electrons. The Balaban J connectivity index is 1.92. The van der Waals surface area contributed by atoms with E-state index in [0.717, 1.165) is 5.56 Å². The highest BCUT2D eigenvalue weighted by atomic mass is 16.5. The van der Waals surface area contributed by atoms with E-state index in [1.165, 1.54) is 0 Å². The SMILES string of the molecule is O=C(O)CCc1ccccc1OC(=O)CCc1ccc(O)cc1. The average molecular weight is 314 g/mol. The van der Waals surface area contributed by atoms with Gasteiger partial charge in [0.25, 0.3) is 0 Å². The number of phenolic OH excluding ortho intramolecular Hbond substituents is 1. The highest BCUT2D eigenvalue weighted by molar-refractivity contribution is 5.73. The topological polar surface area (TPSA) is 83.8 Å². The lowest BCUT2D eigenvalue weighted by Gasteiger charge is -2.09. The van der Waals surface area contributed by atoms with Crippen molar-refractivity contribution < 1.29 is 24.5 Å². The Morgan fingerprint density at radius 1 is 0.913 bits per heavy atom. The van der Waals surface area contributed by atoms with E-state index >= 15 is 0 Å². The fourth-order valence-electron chi connectivity index (χ4n) is 2.13. The quantitative estimate of drug-likeness (QED) is 0.606. The Morgan fingerprint density at radius 3 is 2.30 bits per heavy atom. The van der Waals surface area contributed by atoms with Crippen LogP contribution >= 0.6 is 0 Å². The summed E-state index contributed by atoms with van der Waals surface area (Å²) in [5.74, 6) is -0.674. The van der Waals surface area contributed by atoms with E-state index in [-0.39, 0.29) is 24.6 Å². The molecule has 0 saturated heterocycles. The average Bonchev–Trinajstić information content (AvgIpc) is 2.53. The zero-order valence-corrected chi connectivity index (χ0v) is 12.6. The summed E-state index contributed by atoms with van der Waals surface area (Å²) in [6.45, 7) is 0. The van der Waals surface area contributed by atoms with Crippen LogP contribution in [0.5, 0.6) is 11.5 Å². The van der Waals surface area contributed by atoms with Gasteiger partial charge >= 0.3 is 11.9 Å². The summed E-state index contributed by atoms with van der Waals surface area (Å²) in [7, 11) is 0. The summed E-state index contributed by atoms with van der Waals surface area (Å²) in [6, 6.07) is 13.6. The Hall–Kier alpha value is -2.82. The van der Waals surface area contributed by atoms with Gasteiger partial charge in [0.15, 0.2) is 0 Å². The molecule has 0 saturated carbocycles. The van der Waals surface area contributed by atoms with E-state index in [9.17, 15) is 14.7 Å². The summed E-state index contributed by atoms with van der Waals surface area (Å²) in [4.78, 5) is 22.6. The van der Waals surface area contributed by atoms with Gasteiger partial charge in [-0.3, -0.25) is 9.59 Å². The van der Waals surface area contributed by atoms with Crippen LogP contribution in [0.1, 0.15) is 24.0 Å². The molecule has 0 spiro atoms. The molecule has 5 nitrogen and oxygen atoms in total. The number of phenols is 1. The van der Waals surface area contributed by atoms with Crippen molar-refractivity contribution in [2.45, 2.75) is 25.7 Å². The second-order valence-corrected chi connectivity index (χ2v) is 5.14. The second kappa shape index (κ2) is 7.98. The first-order valence-electron chi connectivity index (χ1n) is 7.33. The van der Waals surface area contributed by atoms with E-state index in [1.807, 2.05) is 0 Å². The Kier molecular flexibility index (Phi) is 5.74. The van der Waals surface area contributed by atoms with Crippen molar-refractivity contribution in [1.29, 1.82) is 0 Å². The van der Waals surface area contributed by atoms with Crippen LogP contribution < -0.4 is 4.74 Å². The molecule has 5 heteroatoms. The van der Waals surface area contributed by atoms with Crippen LogP contribution in [0.3, 0.4) is 0 Å². The van der Waals surface area contributed by atoms with Gasteiger partial charge in [0.1, 0.15) is 11.5 Å². The predicted octanol–water partition coefficient (Wildman–Crippen LogP) is 2.95. The normalized spacial score (nSPS) is 10.3. The summed E-state index contributed by atoms with van der Waals surface area (Å²) in [5.41, 5.74) is 1.63. The number of para-hydroxylation sites is 1. The molecule has 120 valence electrons. The lowest BCUT2D eigenvalue weighted by Crippen LogP contribution is -2.10. The number of esters is 1. The van der Waals surface area contributed by atoms with Crippen LogP contribution in [0, 0.1) is 0 Å². The molecular weight excluding hydrogens is 296 g/mol. The van der Waals surface area contributed by atoms with Gasteiger partial charge in [-0.05, 0) is 42.2 Å². The van der Waals surface area contributed by atoms with Crippen LogP contribution in [0.25, 0.3) is 0 Å². The number of rotatable bonds is 7. The zero-order chi connectivity index (χ0) is 16.7. The molecule has 0 fully saturated rings. The van der Waals surface area contributed by atoms with Crippen molar-refractivity contribution in [2.24, 2.45) is 0 Å². The van der Waals surface area contributed by atoms with Crippen molar-refractivity contribution in [1.82, 2.24) is 0 Å². The number of hydrogen-bond donors (Lipinski definition) is 2. The van der Waals surface area contributed by atoms with Gasteiger partial charge in [0.2, 0.25) is 0 Å². The molecule has 0 aliphatic carbocycles. The first-order chi connectivity index (χ1) is 11.0. The van der Waals surface area contributed by atoms with E-state index in [1.54, 1.807) is 48.5 Å². The van der Waals surface area contributed by atoms with Gasteiger partial charge in [-0.2, -0.15) is 0 Å². The van der Waals surface area contributed by atoms with Crippen LogP contribution in [0.2, 0.25) is 0 Å². The molecular formula is C18H18O5. The summed E-state index contributed by atoms with van der Waals surface area (Å²) >= 11 is 0. The molecule has 0 aromatic heterocycles. The molecule has 0 bridgehead atoms. The fourth-order valence-corrected chi connectivity index (χ4v) is 2.13. The minimum Gasteiger partial charge on any atom is -0.508 e. The van der Waals surface area contributed by atoms with Crippen molar-refractivity contribution in [3.63, 3.8) is 0 Å². The molecule has 0 unspecified atom stereocenters. The number of ether oxygens (including phenoxy) is 1. The lowest BCUT2D eigenvalue weighted by molar-refractivity contribution is -0.137. The molecule has 0 aliphatic heterocycles. The van der Waals surface area contributed by atoms with E-state index in [4.69, 9.17) is 9.84 Å². The Bertz CT molecular complexity index is 676. The lowest BCUT2D eigenvalue weighted by atomic mass is 10.1. The van der Waals surface area contributed by atoms with Crippen LogP contribution in [0.15, 0.2) is 48.5 Å². The molecule has 0 atom stereocenters. The number of aromatic hydroxyl groups is 1. The third kappa shape index (κ3) is 5.47. The molecule has 0 heterocycles. The number of carboxylic acid groups (broad SMARTS) is 1. The first kappa shape index (κ1) is 16.5. The van der Waals surface area contributed by atoms with E-state index in [0.29, 0.717) is 24.2 Å². The van der Waals surface area contributed by atoms with Gasteiger partial charge in [-0.15, -0.1) is 0 Å². The highest BCUT2D eigenvalue weighted by Crippen LogP contribution is 2.20. The van der Waals surface area contributed by atoms with Crippen LogP contribution in [-0.4, -0.2) is 22.2 Å².